The Morgan fingerprint density at radius 3 is 2.77 bits per heavy atom. The molecule has 0 amide bonds. The Balaban J connectivity index is 1.27. The first kappa shape index (κ1) is 25.5. The molecular formula is C28H27ClN4O6. The molecule has 2 aliphatic rings. The summed E-state index contributed by atoms with van der Waals surface area (Å²) in [6.07, 6.45) is 3.35. The Hall–Kier alpha value is -3.73. The second-order valence-electron chi connectivity index (χ2n) is 9.57. The predicted octanol–water partition coefficient (Wildman–Crippen LogP) is 3.62. The molecule has 10 nitrogen and oxygen atoms in total. The van der Waals surface area contributed by atoms with Crippen LogP contribution in [-0.2, 0) is 33.6 Å². The highest BCUT2D eigenvalue weighted by Gasteiger charge is 2.41. The Bertz CT molecular complexity index is 1640. The van der Waals surface area contributed by atoms with E-state index in [0.29, 0.717) is 72.4 Å². The van der Waals surface area contributed by atoms with Gasteiger partial charge in [-0.15, -0.1) is 0 Å². The summed E-state index contributed by atoms with van der Waals surface area (Å²) in [5.41, 5.74) is 3.90. The van der Waals surface area contributed by atoms with Crippen LogP contribution in [0.1, 0.15) is 34.0 Å². The highest BCUT2D eigenvalue weighted by atomic mass is 35.5. The minimum atomic E-state index is -0.710. The second-order valence-corrected chi connectivity index (χ2v) is 10.0. The van der Waals surface area contributed by atoms with Crippen LogP contribution in [0.15, 0.2) is 47.4 Å². The highest BCUT2D eigenvalue weighted by molar-refractivity contribution is 6.31. The lowest BCUT2D eigenvalue weighted by molar-refractivity contribution is -0.164. The van der Waals surface area contributed by atoms with Gasteiger partial charge < -0.3 is 18.9 Å². The van der Waals surface area contributed by atoms with E-state index in [2.05, 4.69) is 5.10 Å². The van der Waals surface area contributed by atoms with E-state index in [0.717, 1.165) is 16.8 Å². The SMILES string of the molecule is COC(=O)c1ccc2c(-c3cc(Cl)ccc3OCCn3c(C)nc4c(c3=O)CC3(CC4)OCCO3)ccnn12. The lowest BCUT2D eigenvalue weighted by Gasteiger charge is -2.32. The third-order valence-corrected chi connectivity index (χ3v) is 7.53. The van der Waals surface area contributed by atoms with Gasteiger partial charge in [0.25, 0.3) is 5.56 Å². The number of esters is 1. The summed E-state index contributed by atoms with van der Waals surface area (Å²) in [6.45, 7) is 3.45. The molecule has 0 radical (unpaired) electrons. The highest BCUT2D eigenvalue weighted by Crippen LogP contribution is 2.36. The fourth-order valence-corrected chi connectivity index (χ4v) is 5.58. The van der Waals surface area contributed by atoms with Crippen molar-refractivity contribution in [3.8, 4) is 16.9 Å². The van der Waals surface area contributed by atoms with Gasteiger partial charge in [0.1, 0.15) is 18.2 Å². The van der Waals surface area contributed by atoms with E-state index >= 15 is 0 Å². The summed E-state index contributed by atoms with van der Waals surface area (Å²) < 4.78 is 26.0. The van der Waals surface area contributed by atoms with Gasteiger partial charge >= 0.3 is 5.97 Å². The number of ether oxygens (including phenoxy) is 4. The molecule has 1 aromatic carbocycles. The fraction of sp³-hybridized carbons (Fsp3) is 0.357. The van der Waals surface area contributed by atoms with Crippen molar-refractivity contribution in [3.63, 3.8) is 0 Å². The number of carbonyl (C=O) groups is 1. The lowest BCUT2D eigenvalue weighted by Crippen LogP contribution is -2.42. The van der Waals surface area contributed by atoms with Crippen molar-refractivity contribution < 1.29 is 23.7 Å². The minimum Gasteiger partial charge on any atom is -0.491 e. The summed E-state index contributed by atoms with van der Waals surface area (Å²) in [5.74, 6) is 0.0236. The van der Waals surface area contributed by atoms with Crippen LogP contribution in [0, 0.1) is 6.92 Å². The Morgan fingerprint density at radius 1 is 1.15 bits per heavy atom. The number of methoxy groups -OCH3 is 1. The molecule has 39 heavy (non-hydrogen) atoms. The van der Waals surface area contributed by atoms with Gasteiger partial charge in [0, 0.05) is 40.8 Å². The maximum atomic E-state index is 13.5. The maximum absolute atomic E-state index is 13.5. The monoisotopic (exact) mass is 550 g/mol. The van der Waals surface area contributed by atoms with Crippen LogP contribution in [0.5, 0.6) is 5.75 Å². The van der Waals surface area contributed by atoms with E-state index < -0.39 is 11.8 Å². The molecular weight excluding hydrogens is 524 g/mol. The molecule has 6 rings (SSSR count). The maximum Gasteiger partial charge on any atom is 0.356 e. The van der Waals surface area contributed by atoms with Gasteiger partial charge in [-0.1, -0.05) is 11.6 Å². The van der Waals surface area contributed by atoms with Gasteiger partial charge in [0.2, 0.25) is 0 Å². The second kappa shape index (κ2) is 10.1. The number of benzene rings is 1. The lowest BCUT2D eigenvalue weighted by atomic mass is 9.91. The molecule has 0 N–H and O–H groups in total. The number of rotatable bonds is 6. The Kier molecular flexibility index (Phi) is 6.62. The Labute approximate surface area is 229 Å². The van der Waals surface area contributed by atoms with Crippen LogP contribution < -0.4 is 10.3 Å². The smallest absolute Gasteiger partial charge is 0.356 e. The van der Waals surface area contributed by atoms with Crippen molar-refractivity contribution in [2.45, 2.75) is 38.5 Å². The quantitative estimate of drug-likeness (QED) is 0.335. The number of hydrogen-bond donors (Lipinski definition) is 0. The summed E-state index contributed by atoms with van der Waals surface area (Å²) in [4.78, 5) is 30.4. The minimum absolute atomic E-state index is 0.0880. The van der Waals surface area contributed by atoms with Gasteiger partial charge in [0.05, 0.1) is 38.1 Å². The molecule has 4 aromatic rings. The molecule has 0 atom stereocenters. The average molecular weight is 551 g/mol. The molecule has 1 spiro atoms. The largest absolute Gasteiger partial charge is 0.491 e. The van der Waals surface area contributed by atoms with Gasteiger partial charge in [-0.3, -0.25) is 9.36 Å². The van der Waals surface area contributed by atoms with Crippen molar-refractivity contribution in [2.24, 2.45) is 0 Å². The molecule has 4 heterocycles. The van der Waals surface area contributed by atoms with E-state index in [4.69, 9.17) is 35.5 Å². The van der Waals surface area contributed by atoms with Crippen molar-refractivity contribution >= 4 is 23.1 Å². The molecule has 1 saturated heterocycles. The standard InChI is InChI=1S/C28H27ClN4O6/c1-17-31-22-7-9-28(38-13-14-39-28)16-21(22)26(34)32(17)11-12-37-25-6-3-18(29)15-20(25)19-8-10-30-33-23(19)4-5-24(33)27(35)36-2/h3-6,8,10,15H,7,9,11-14,16H2,1-2H3. The van der Waals surface area contributed by atoms with Crippen LogP contribution in [0.2, 0.25) is 5.02 Å². The molecule has 3 aromatic heterocycles. The molecule has 0 saturated carbocycles. The Morgan fingerprint density at radius 2 is 1.97 bits per heavy atom. The zero-order chi connectivity index (χ0) is 27.1. The summed E-state index contributed by atoms with van der Waals surface area (Å²) in [5, 5.41) is 4.84. The van der Waals surface area contributed by atoms with Gasteiger partial charge in [-0.05, 0) is 49.7 Å². The first-order valence-electron chi connectivity index (χ1n) is 12.7. The molecule has 202 valence electrons. The molecule has 11 heteroatoms. The summed E-state index contributed by atoms with van der Waals surface area (Å²) >= 11 is 6.36. The number of hydrogen-bond acceptors (Lipinski definition) is 8. The predicted molar refractivity (Wildman–Crippen MR) is 142 cm³/mol. The normalized spacial score (nSPS) is 16.0. The summed E-state index contributed by atoms with van der Waals surface area (Å²) in [7, 11) is 1.33. The number of halogens is 1. The third-order valence-electron chi connectivity index (χ3n) is 7.29. The van der Waals surface area contributed by atoms with Crippen LogP contribution in [0.4, 0.5) is 0 Å². The van der Waals surface area contributed by atoms with Crippen LogP contribution in [0.3, 0.4) is 0 Å². The number of aromatic nitrogens is 4. The van der Waals surface area contributed by atoms with Gasteiger partial charge in [-0.2, -0.15) is 5.10 Å². The van der Waals surface area contributed by atoms with Crippen LogP contribution >= 0.6 is 11.6 Å². The molecule has 1 aliphatic heterocycles. The van der Waals surface area contributed by atoms with E-state index in [-0.39, 0.29) is 12.2 Å². The summed E-state index contributed by atoms with van der Waals surface area (Å²) in [6, 6.07) is 10.6. The van der Waals surface area contributed by atoms with Crippen molar-refractivity contribution in [1.29, 1.82) is 0 Å². The zero-order valence-electron chi connectivity index (χ0n) is 21.6. The number of carbonyl (C=O) groups excluding carboxylic acids is 1. The number of fused-ring (bicyclic) bond motifs is 2. The average Bonchev–Trinajstić information content (AvgIpc) is 3.58. The number of aryl methyl sites for hydroxylation is 2. The topological polar surface area (TPSA) is 106 Å². The van der Waals surface area contributed by atoms with Gasteiger partial charge in [-0.25, -0.2) is 14.3 Å². The first-order chi connectivity index (χ1) is 18.9. The van der Waals surface area contributed by atoms with Crippen molar-refractivity contribution in [1.82, 2.24) is 19.2 Å². The van der Waals surface area contributed by atoms with Crippen LogP contribution in [0.25, 0.3) is 16.6 Å². The van der Waals surface area contributed by atoms with E-state index in [1.807, 2.05) is 13.0 Å². The van der Waals surface area contributed by atoms with Gasteiger partial charge in [0.15, 0.2) is 11.5 Å². The van der Waals surface area contributed by atoms with Crippen LogP contribution in [-0.4, -0.2) is 57.9 Å². The fourth-order valence-electron chi connectivity index (χ4n) is 5.40. The van der Waals surface area contributed by atoms with E-state index in [9.17, 15) is 9.59 Å². The van der Waals surface area contributed by atoms with E-state index in [1.54, 1.807) is 41.1 Å². The van der Waals surface area contributed by atoms with Crippen molar-refractivity contribution in [3.05, 3.63) is 80.7 Å². The van der Waals surface area contributed by atoms with E-state index in [1.165, 1.54) is 11.6 Å². The third kappa shape index (κ3) is 4.58. The zero-order valence-corrected chi connectivity index (χ0v) is 22.4. The first-order valence-corrected chi connectivity index (χ1v) is 13.1. The molecule has 0 unspecified atom stereocenters. The molecule has 1 aliphatic carbocycles. The molecule has 0 bridgehead atoms. The number of nitrogens with zero attached hydrogens (tertiary/aromatic N) is 4. The van der Waals surface area contributed by atoms with Crippen molar-refractivity contribution in [2.75, 3.05) is 26.9 Å². The molecule has 1 fully saturated rings.